The standard InChI is InChI=1S/C45H46F8O4/c1-4-29(13-9-7-11-27-56-32-19-15-30(16-20-32)38(46)40(48)34-23-25-36(54-5-2)44(52)42(34)50)14-10-8-12-28-57-33-21-17-31(18-22-33)39(47)41(49)35-24-26-37(55-6-3)45(53)43(35)51/h4,15-26,29H,1,5-14,27-28H2,2-3H3/b40-38+,41-39+. The molecular formula is C45H46F8O4. The summed E-state index contributed by atoms with van der Waals surface area (Å²) in [5, 5.41) is 0. The van der Waals surface area contributed by atoms with Gasteiger partial charge in [-0.05, 0) is 118 Å². The number of benzene rings is 4. The van der Waals surface area contributed by atoms with Crippen LogP contribution >= 0.6 is 0 Å². The van der Waals surface area contributed by atoms with Crippen molar-refractivity contribution >= 4 is 23.3 Å². The van der Waals surface area contributed by atoms with Gasteiger partial charge in [-0.1, -0.05) is 31.8 Å². The van der Waals surface area contributed by atoms with Crippen LogP contribution in [0.5, 0.6) is 23.0 Å². The first-order valence-corrected chi connectivity index (χ1v) is 18.9. The van der Waals surface area contributed by atoms with Crippen LogP contribution in [0.15, 0.2) is 85.5 Å². The Balaban J connectivity index is 1.10. The van der Waals surface area contributed by atoms with Crippen molar-refractivity contribution < 1.29 is 54.1 Å². The van der Waals surface area contributed by atoms with Gasteiger partial charge in [-0.2, -0.15) is 8.78 Å². The maximum absolute atomic E-state index is 14.8. The Hall–Kier alpha value is -5.26. The SMILES string of the molecule is C=CC(CCCCCOc1ccc(/C(F)=C(\F)c2ccc(OCC)c(F)c2F)cc1)CCCCCOc1ccc(/C(F)=C(\F)c2ccc(OCC)c(F)c2F)cc1. The van der Waals surface area contributed by atoms with E-state index in [0.29, 0.717) is 30.6 Å². The third-order valence-corrected chi connectivity index (χ3v) is 9.08. The van der Waals surface area contributed by atoms with E-state index in [1.807, 2.05) is 6.08 Å². The molecule has 0 fully saturated rings. The number of rotatable bonds is 23. The largest absolute Gasteiger partial charge is 0.494 e. The van der Waals surface area contributed by atoms with Gasteiger partial charge in [-0.3, -0.25) is 0 Å². The van der Waals surface area contributed by atoms with Gasteiger partial charge in [0.1, 0.15) is 11.5 Å². The Morgan fingerprint density at radius 1 is 0.491 bits per heavy atom. The third-order valence-electron chi connectivity index (χ3n) is 9.08. The average molecular weight is 803 g/mol. The molecular weight excluding hydrogens is 756 g/mol. The smallest absolute Gasteiger partial charge is 0.201 e. The van der Waals surface area contributed by atoms with Crippen molar-refractivity contribution in [3.63, 3.8) is 0 Å². The first-order valence-electron chi connectivity index (χ1n) is 18.9. The molecule has 306 valence electrons. The van der Waals surface area contributed by atoms with Gasteiger partial charge in [0.05, 0.1) is 37.6 Å². The van der Waals surface area contributed by atoms with Gasteiger partial charge in [0.2, 0.25) is 11.6 Å². The van der Waals surface area contributed by atoms with Crippen LogP contribution in [0, 0.1) is 29.2 Å². The lowest BCUT2D eigenvalue weighted by Gasteiger charge is -2.13. The van der Waals surface area contributed by atoms with Gasteiger partial charge < -0.3 is 18.9 Å². The molecule has 4 aromatic rings. The lowest BCUT2D eigenvalue weighted by atomic mass is 9.95. The van der Waals surface area contributed by atoms with Crippen LogP contribution in [0.25, 0.3) is 23.3 Å². The monoisotopic (exact) mass is 802 g/mol. The molecule has 0 bridgehead atoms. The van der Waals surface area contributed by atoms with Crippen LogP contribution in [0.1, 0.15) is 87.5 Å². The molecule has 57 heavy (non-hydrogen) atoms. The van der Waals surface area contributed by atoms with Crippen molar-refractivity contribution in [2.75, 3.05) is 26.4 Å². The summed E-state index contributed by atoms with van der Waals surface area (Å²) in [5.74, 6) is -11.0. The second kappa shape index (κ2) is 22.5. The van der Waals surface area contributed by atoms with E-state index in [9.17, 15) is 35.1 Å². The summed E-state index contributed by atoms with van der Waals surface area (Å²) in [5.41, 5.74) is -1.97. The van der Waals surface area contributed by atoms with E-state index >= 15 is 0 Å². The van der Waals surface area contributed by atoms with E-state index in [2.05, 4.69) is 6.58 Å². The lowest BCUT2D eigenvalue weighted by Crippen LogP contribution is -2.01. The first kappa shape index (κ1) is 44.5. The highest BCUT2D eigenvalue weighted by Crippen LogP contribution is 2.36. The highest BCUT2D eigenvalue weighted by atomic mass is 19.2. The Labute approximate surface area is 328 Å². The van der Waals surface area contributed by atoms with Gasteiger partial charge in [0, 0.05) is 11.1 Å². The molecule has 0 saturated heterocycles. The van der Waals surface area contributed by atoms with Gasteiger partial charge >= 0.3 is 0 Å². The molecule has 0 aliphatic carbocycles. The van der Waals surface area contributed by atoms with Crippen molar-refractivity contribution in [3.05, 3.63) is 131 Å². The quantitative estimate of drug-likeness (QED) is 0.0324. The van der Waals surface area contributed by atoms with Crippen molar-refractivity contribution in [3.8, 4) is 23.0 Å². The van der Waals surface area contributed by atoms with Crippen molar-refractivity contribution in [2.45, 2.75) is 65.2 Å². The molecule has 4 rings (SSSR count). The molecule has 0 amide bonds. The Morgan fingerprint density at radius 2 is 0.877 bits per heavy atom. The van der Waals surface area contributed by atoms with Crippen LogP contribution in [0.2, 0.25) is 0 Å². The minimum atomic E-state index is -1.53. The Bertz CT molecular complexity index is 1840. The van der Waals surface area contributed by atoms with E-state index in [4.69, 9.17) is 18.9 Å². The molecule has 0 aromatic heterocycles. The van der Waals surface area contributed by atoms with E-state index in [-0.39, 0.29) is 35.8 Å². The number of ether oxygens (including phenoxy) is 4. The van der Waals surface area contributed by atoms with Crippen LogP contribution in [-0.4, -0.2) is 26.4 Å². The molecule has 0 N–H and O–H groups in total. The summed E-state index contributed by atoms with van der Waals surface area (Å²) in [6.45, 7) is 8.16. The van der Waals surface area contributed by atoms with Crippen LogP contribution in [0.3, 0.4) is 0 Å². The van der Waals surface area contributed by atoms with Crippen LogP contribution in [-0.2, 0) is 0 Å². The summed E-state index contributed by atoms with van der Waals surface area (Å²) >= 11 is 0. The second-order valence-corrected chi connectivity index (χ2v) is 13.0. The van der Waals surface area contributed by atoms with E-state index in [1.165, 1.54) is 48.5 Å². The maximum Gasteiger partial charge on any atom is 0.201 e. The molecule has 4 nitrogen and oxygen atoms in total. The third kappa shape index (κ3) is 12.4. The summed E-state index contributed by atoms with van der Waals surface area (Å²) in [4.78, 5) is 0. The Kier molecular flexibility index (Phi) is 17.5. The fraction of sp³-hybridized carbons (Fsp3) is 0.333. The molecule has 0 heterocycles. The predicted octanol–water partition coefficient (Wildman–Crippen LogP) is 14.0. The van der Waals surface area contributed by atoms with Crippen LogP contribution in [0.4, 0.5) is 35.1 Å². The summed E-state index contributed by atoms with van der Waals surface area (Å²) in [6.07, 6.45) is 9.28. The molecule has 0 unspecified atom stereocenters. The zero-order chi connectivity index (χ0) is 41.3. The number of allylic oxidation sites excluding steroid dienone is 1. The van der Waals surface area contributed by atoms with Crippen molar-refractivity contribution in [2.24, 2.45) is 5.92 Å². The molecule has 4 aromatic carbocycles. The zero-order valence-electron chi connectivity index (χ0n) is 31.9. The summed E-state index contributed by atoms with van der Waals surface area (Å²) in [6, 6.07) is 15.1. The normalized spacial score (nSPS) is 12.3. The van der Waals surface area contributed by atoms with Crippen molar-refractivity contribution in [1.29, 1.82) is 0 Å². The fourth-order valence-electron chi connectivity index (χ4n) is 5.95. The molecule has 12 heteroatoms. The minimum absolute atomic E-state index is 0.0836. The van der Waals surface area contributed by atoms with E-state index < -0.39 is 57.7 Å². The summed E-state index contributed by atoms with van der Waals surface area (Å²) in [7, 11) is 0. The highest BCUT2D eigenvalue weighted by molar-refractivity contribution is 5.84. The topological polar surface area (TPSA) is 36.9 Å². The number of hydrogen-bond donors (Lipinski definition) is 0. The first-order chi connectivity index (χ1) is 27.5. The van der Waals surface area contributed by atoms with Gasteiger partial charge in [-0.25, -0.2) is 26.3 Å². The summed E-state index contributed by atoms with van der Waals surface area (Å²) < 4.78 is 137. The molecule has 0 radical (unpaired) electrons. The van der Waals surface area contributed by atoms with Gasteiger partial charge in [0.15, 0.2) is 46.4 Å². The maximum atomic E-state index is 14.8. The second-order valence-electron chi connectivity index (χ2n) is 13.0. The van der Waals surface area contributed by atoms with Gasteiger partial charge in [-0.15, -0.1) is 6.58 Å². The molecule has 0 saturated carbocycles. The van der Waals surface area contributed by atoms with Crippen LogP contribution < -0.4 is 18.9 Å². The zero-order valence-corrected chi connectivity index (χ0v) is 31.9. The van der Waals surface area contributed by atoms with Crippen molar-refractivity contribution in [1.82, 2.24) is 0 Å². The molecule has 0 aliphatic rings. The fourth-order valence-corrected chi connectivity index (χ4v) is 5.95. The molecule has 0 atom stereocenters. The molecule has 0 spiro atoms. The van der Waals surface area contributed by atoms with Gasteiger partial charge in [0.25, 0.3) is 0 Å². The Morgan fingerprint density at radius 3 is 1.23 bits per heavy atom. The number of halogens is 8. The minimum Gasteiger partial charge on any atom is -0.494 e. The highest BCUT2D eigenvalue weighted by Gasteiger charge is 2.22. The average Bonchev–Trinajstić information content (AvgIpc) is 3.22. The van der Waals surface area contributed by atoms with E-state index in [1.54, 1.807) is 13.8 Å². The number of unbranched alkanes of at least 4 members (excludes halogenated alkanes) is 4. The molecule has 0 aliphatic heterocycles. The number of hydrogen-bond acceptors (Lipinski definition) is 4. The lowest BCUT2D eigenvalue weighted by molar-refractivity contribution is 0.299. The van der Waals surface area contributed by atoms with E-state index in [0.717, 1.165) is 75.6 Å². The predicted molar refractivity (Wildman–Crippen MR) is 208 cm³/mol.